The quantitative estimate of drug-likeness (QED) is 0.732. The smallest absolute Gasteiger partial charge is 0.251 e. The molecule has 2 rings (SSSR count). The number of ether oxygens (including phenoxy) is 2. The zero-order chi connectivity index (χ0) is 17.5. The molecule has 0 radical (unpaired) electrons. The topological polar surface area (TPSA) is 72.5 Å². The second-order valence-electron chi connectivity index (χ2n) is 4.77. The van der Waals surface area contributed by atoms with E-state index in [2.05, 4.69) is 15.6 Å². The Morgan fingerprint density at radius 1 is 1.08 bits per heavy atom. The molecule has 0 bridgehead atoms. The number of halogens is 2. The lowest BCUT2D eigenvalue weighted by atomic mass is 10.2. The van der Waals surface area contributed by atoms with E-state index in [9.17, 15) is 4.79 Å². The molecule has 0 aliphatic carbocycles. The van der Waals surface area contributed by atoms with E-state index in [1.165, 1.54) is 20.4 Å². The molecule has 0 aliphatic heterocycles. The third kappa shape index (κ3) is 4.91. The number of hydrogen-bond acceptors (Lipinski definition) is 5. The predicted octanol–water partition coefficient (Wildman–Crippen LogP) is 3.25. The zero-order valence-corrected chi connectivity index (χ0v) is 14.7. The Morgan fingerprint density at radius 2 is 1.75 bits per heavy atom. The molecule has 0 aliphatic rings. The largest absolute Gasteiger partial charge is 0.497 e. The third-order valence-electron chi connectivity index (χ3n) is 3.12. The maximum atomic E-state index is 12.2. The van der Waals surface area contributed by atoms with Crippen molar-refractivity contribution >= 4 is 34.9 Å². The van der Waals surface area contributed by atoms with Gasteiger partial charge in [-0.05, 0) is 18.2 Å². The molecule has 2 aromatic rings. The van der Waals surface area contributed by atoms with E-state index in [0.717, 1.165) is 0 Å². The number of carbonyl (C=O) groups is 1. The Balaban J connectivity index is 1.89. The third-order valence-corrected chi connectivity index (χ3v) is 3.62. The van der Waals surface area contributed by atoms with Crippen LogP contribution in [0.5, 0.6) is 11.5 Å². The fourth-order valence-corrected chi connectivity index (χ4v) is 2.39. The normalized spacial score (nSPS) is 10.2. The molecular formula is C16H17Cl2N3O3. The fraction of sp³-hybridized carbons (Fsp3) is 0.250. The van der Waals surface area contributed by atoms with Crippen LogP contribution in [0.2, 0.25) is 10.0 Å². The van der Waals surface area contributed by atoms with Crippen molar-refractivity contribution in [1.82, 2.24) is 10.3 Å². The molecule has 1 aromatic heterocycles. The van der Waals surface area contributed by atoms with Gasteiger partial charge in [0.1, 0.15) is 17.3 Å². The van der Waals surface area contributed by atoms with Crippen LogP contribution >= 0.6 is 23.2 Å². The Bertz CT molecular complexity index is 703. The minimum absolute atomic E-state index is 0.232. The van der Waals surface area contributed by atoms with E-state index >= 15 is 0 Å². The predicted molar refractivity (Wildman–Crippen MR) is 94.6 cm³/mol. The lowest BCUT2D eigenvalue weighted by Crippen LogP contribution is -2.29. The van der Waals surface area contributed by atoms with Crippen LogP contribution in [-0.2, 0) is 0 Å². The summed E-state index contributed by atoms with van der Waals surface area (Å²) in [7, 11) is 3.06. The number of nitrogens with zero attached hydrogens (tertiary/aromatic N) is 1. The summed E-state index contributed by atoms with van der Waals surface area (Å²) in [6.45, 7) is 0.847. The first-order valence-corrected chi connectivity index (χ1v) is 7.85. The number of carbonyl (C=O) groups excluding carboxylic acids is 1. The van der Waals surface area contributed by atoms with Crippen molar-refractivity contribution in [3.05, 3.63) is 46.1 Å². The Kier molecular flexibility index (Phi) is 6.52. The van der Waals surface area contributed by atoms with E-state index in [1.807, 2.05) is 0 Å². The first kappa shape index (κ1) is 18.2. The van der Waals surface area contributed by atoms with E-state index < -0.39 is 0 Å². The van der Waals surface area contributed by atoms with Gasteiger partial charge in [-0.2, -0.15) is 0 Å². The van der Waals surface area contributed by atoms with Gasteiger partial charge in [-0.15, -0.1) is 0 Å². The molecule has 0 saturated carbocycles. The van der Waals surface area contributed by atoms with Gasteiger partial charge >= 0.3 is 0 Å². The van der Waals surface area contributed by atoms with Crippen molar-refractivity contribution in [3.63, 3.8) is 0 Å². The van der Waals surface area contributed by atoms with E-state index in [0.29, 0.717) is 46.0 Å². The summed E-state index contributed by atoms with van der Waals surface area (Å²) in [5.74, 6) is 1.38. The molecule has 128 valence electrons. The molecule has 8 heteroatoms. The number of hydrogen-bond donors (Lipinski definition) is 2. The average molecular weight is 370 g/mol. The highest BCUT2D eigenvalue weighted by Gasteiger charge is 2.09. The number of nitrogens with one attached hydrogen (secondary N) is 2. The maximum absolute atomic E-state index is 12.2. The number of anilines is 1. The first-order chi connectivity index (χ1) is 11.5. The summed E-state index contributed by atoms with van der Waals surface area (Å²) in [4.78, 5) is 16.3. The summed E-state index contributed by atoms with van der Waals surface area (Å²) in [6, 6.07) is 6.58. The van der Waals surface area contributed by atoms with Crippen molar-refractivity contribution < 1.29 is 14.3 Å². The maximum Gasteiger partial charge on any atom is 0.251 e. The lowest BCUT2D eigenvalue weighted by Gasteiger charge is -2.10. The molecule has 24 heavy (non-hydrogen) atoms. The fourth-order valence-electron chi connectivity index (χ4n) is 1.94. The van der Waals surface area contributed by atoms with Crippen LogP contribution < -0.4 is 20.1 Å². The molecule has 0 saturated heterocycles. The Labute approximate surface area is 150 Å². The van der Waals surface area contributed by atoms with Crippen molar-refractivity contribution in [1.29, 1.82) is 0 Å². The van der Waals surface area contributed by atoms with Crippen molar-refractivity contribution in [2.24, 2.45) is 0 Å². The SMILES string of the molecule is COc1cc(OC)cc(C(=O)NCCNc2ncc(Cl)cc2Cl)c1. The number of methoxy groups -OCH3 is 2. The minimum Gasteiger partial charge on any atom is -0.497 e. The highest BCUT2D eigenvalue weighted by atomic mass is 35.5. The zero-order valence-electron chi connectivity index (χ0n) is 13.2. The number of rotatable bonds is 7. The summed E-state index contributed by atoms with van der Waals surface area (Å²) < 4.78 is 10.3. The van der Waals surface area contributed by atoms with Gasteiger partial charge in [-0.3, -0.25) is 4.79 Å². The van der Waals surface area contributed by atoms with Crippen LogP contribution in [0.3, 0.4) is 0 Å². The summed E-state index contributed by atoms with van der Waals surface area (Å²) >= 11 is 11.8. The number of pyridine rings is 1. The molecule has 0 unspecified atom stereocenters. The van der Waals surface area contributed by atoms with Crippen LogP contribution in [-0.4, -0.2) is 38.2 Å². The summed E-state index contributed by atoms with van der Waals surface area (Å²) in [6.07, 6.45) is 1.50. The van der Waals surface area contributed by atoms with Crippen LogP contribution in [0, 0.1) is 0 Å². The van der Waals surface area contributed by atoms with Gasteiger partial charge in [-0.1, -0.05) is 23.2 Å². The number of aromatic nitrogens is 1. The molecule has 0 spiro atoms. The monoisotopic (exact) mass is 369 g/mol. The molecule has 1 heterocycles. The Hall–Kier alpha value is -2.18. The van der Waals surface area contributed by atoms with Gasteiger partial charge in [0, 0.05) is 30.9 Å². The molecule has 0 atom stereocenters. The summed E-state index contributed by atoms with van der Waals surface area (Å²) in [5.41, 5.74) is 0.453. The van der Waals surface area contributed by atoms with Crippen LogP contribution in [0.4, 0.5) is 5.82 Å². The summed E-state index contributed by atoms with van der Waals surface area (Å²) in [5, 5.41) is 6.71. The van der Waals surface area contributed by atoms with Crippen LogP contribution in [0.1, 0.15) is 10.4 Å². The van der Waals surface area contributed by atoms with Crippen molar-refractivity contribution in [3.8, 4) is 11.5 Å². The lowest BCUT2D eigenvalue weighted by molar-refractivity contribution is 0.0954. The average Bonchev–Trinajstić information content (AvgIpc) is 2.59. The van der Waals surface area contributed by atoms with E-state index in [1.54, 1.807) is 24.3 Å². The van der Waals surface area contributed by atoms with Gasteiger partial charge in [0.25, 0.3) is 5.91 Å². The van der Waals surface area contributed by atoms with Crippen LogP contribution in [0.25, 0.3) is 0 Å². The second-order valence-corrected chi connectivity index (χ2v) is 5.61. The van der Waals surface area contributed by atoms with Gasteiger partial charge < -0.3 is 20.1 Å². The molecule has 6 nitrogen and oxygen atoms in total. The van der Waals surface area contributed by atoms with Crippen molar-refractivity contribution in [2.45, 2.75) is 0 Å². The molecule has 1 aromatic carbocycles. The highest BCUT2D eigenvalue weighted by molar-refractivity contribution is 6.35. The van der Waals surface area contributed by atoms with Gasteiger partial charge in [0.2, 0.25) is 0 Å². The van der Waals surface area contributed by atoms with Gasteiger partial charge in [-0.25, -0.2) is 4.98 Å². The highest BCUT2D eigenvalue weighted by Crippen LogP contribution is 2.23. The first-order valence-electron chi connectivity index (χ1n) is 7.09. The van der Waals surface area contributed by atoms with Crippen molar-refractivity contribution in [2.75, 3.05) is 32.6 Å². The molecular weight excluding hydrogens is 353 g/mol. The standard InChI is InChI=1S/C16H17Cl2N3O3/c1-23-12-5-10(6-13(8-12)24-2)16(22)20-4-3-19-15-14(18)7-11(17)9-21-15/h5-9H,3-4H2,1-2H3,(H,19,21)(H,20,22). The molecule has 1 amide bonds. The van der Waals surface area contributed by atoms with Crippen LogP contribution in [0.15, 0.2) is 30.5 Å². The molecule has 2 N–H and O–H groups in total. The number of amides is 1. The van der Waals surface area contributed by atoms with Gasteiger partial charge in [0.15, 0.2) is 0 Å². The van der Waals surface area contributed by atoms with E-state index in [4.69, 9.17) is 32.7 Å². The Morgan fingerprint density at radius 3 is 2.33 bits per heavy atom. The minimum atomic E-state index is -0.232. The van der Waals surface area contributed by atoms with E-state index in [-0.39, 0.29) is 5.91 Å². The van der Waals surface area contributed by atoms with Gasteiger partial charge in [0.05, 0.1) is 24.3 Å². The number of benzene rings is 1. The molecule has 0 fully saturated rings. The second kappa shape index (κ2) is 8.61.